The molecule has 134 valence electrons. The number of hydrogen-bond donors (Lipinski definition) is 1. The highest BCUT2D eigenvalue weighted by Gasteiger charge is 2.37. The highest BCUT2D eigenvalue weighted by molar-refractivity contribution is 5.92. The van der Waals surface area contributed by atoms with Gasteiger partial charge in [0.1, 0.15) is 0 Å². The SMILES string of the molecule is O=C(CN1CCCCC1)Nc1cc(C(F)(F)F)cc(C(F)(F)F)c1. The molecule has 1 aliphatic rings. The van der Waals surface area contributed by atoms with E-state index >= 15 is 0 Å². The van der Waals surface area contributed by atoms with Crippen LogP contribution < -0.4 is 5.32 Å². The van der Waals surface area contributed by atoms with E-state index in [2.05, 4.69) is 5.32 Å². The Bertz CT molecular complexity index is 558. The minimum Gasteiger partial charge on any atom is -0.325 e. The molecule has 0 radical (unpaired) electrons. The molecule has 1 N–H and O–H groups in total. The Balaban J connectivity index is 2.17. The predicted molar refractivity (Wildman–Crippen MR) is 75.4 cm³/mol. The van der Waals surface area contributed by atoms with E-state index in [-0.39, 0.29) is 12.6 Å². The molecule has 0 aliphatic carbocycles. The van der Waals surface area contributed by atoms with Crippen molar-refractivity contribution in [3.05, 3.63) is 29.3 Å². The van der Waals surface area contributed by atoms with Gasteiger partial charge in [-0.05, 0) is 44.1 Å². The summed E-state index contributed by atoms with van der Waals surface area (Å²) in [6.45, 7) is 1.31. The van der Waals surface area contributed by atoms with E-state index in [1.165, 1.54) is 0 Å². The number of piperidine rings is 1. The van der Waals surface area contributed by atoms with Gasteiger partial charge in [-0.2, -0.15) is 26.3 Å². The van der Waals surface area contributed by atoms with Crippen LogP contribution in [0.15, 0.2) is 18.2 Å². The lowest BCUT2D eigenvalue weighted by atomic mass is 10.1. The average molecular weight is 354 g/mol. The highest BCUT2D eigenvalue weighted by Crippen LogP contribution is 2.37. The molecule has 1 aliphatic heterocycles. The van der Waals surface area contributed by atoms with Gasteiger partial charge in [-0.3, -0.25) is 9.69 Å². The van der Waals surface area contributed by atoms with E-state index < -0.39 is 35.1 Å². The Hall–Kier alpha value is -1.77. The molecule has 0 aromatic heterocycles. The maximum absolute atomic E-state index is 12.8. The number of anilines is 1. The van der Waals surface area contributed by atoms with E-state index in [1.54, 1.807) is 0 Å². The second kappa shape index (κ2) is 7.00. The number of benzene rings is 1. The van der Waals surface area contributed by atoms with Gasteiger partial charge >= 0.3 is 12.4 Å². The second-order valence-corrected chi connectivity index (χ2v) is 5.68. The van der Waals surface area contributed by atoms with Crippen LogP contribution in [0.5, 0.6) is 0 Å². The minimum atomic E-state index is -4.94. The molecule has 24 heavy (non-hydrogen) atoms. The van der Waals surface area contributed by atoms with Crippen molar-refractivity contribution in [2.75, 3.05) is 25.0 Å². The van der Waals surface area contributed by atoms with Crippen LogP contribution in [0.25, 0.3) is 0 Å². The Morgan fingerprint density at radius 1 is 0.917 bits per heavy atom. The van der Waals surface area contributed by atoms with Crippen LogP contribution in [0.4, 0.5) is 32.0 Å². The summed E-state index contributed by atoms with van der Waals surface area (Å²) in [7, 11) is 0. The number of amides is 1. The minimum absolute atomic E-state index is 0.0281. The number of rotatable bonds is 3. The highest BCUT2D eigenvalue weighted by atomic mass is 19.4. The number of halogens is 6. The lowest BCUT2D eigenvalue weighted by molar-refractivity contribution is -0.143. The topological polar surface area (TPSA) is 32.3 Å². The first-order valence-electron chi connectivity index (χ1n) is 7.37. The summed E-state index contributed by atoms with van der Waals surface area (Å²) in [5.74, 6) is -0.635. The molecule has 0 saturated carbocycles. The third kappa shape index (κ3) is 5.12. The van der Waals surface area contributed by atoms with E-state index in [1.807, 2.05) is 4.90 Å². The zero-order valence-electron chi connectivity index (χ0n) is 12.6. The predicted octanol–water partition coefficient (Wildman–Crippen LogP) is 4.15. The van der Waals surface area contributed by atoms with E-state index in [9.17, 15) is 31.1 Å². The first-order valence-corrected chi connectivity index (χ1v) is 7.37. The standard InChI is InChI=1S/C15H16F6N2O/c16-14(17,18)10-6-11(15(19,20)21)8-12(7-10)22-13(24)9-23-4-2-1-3-5-23/h6-8H,1-5,9H2,(H,22,24). The van der Waals surface area contributed by atoms with Crippen LogP contribution in [0.3, 0.4) is 0 Å². The maximum atomic E-state index is 12.8. The number of carbonyl (C=O) groups is 1. The molecule has 2 rings (SSSR count). The largest absolute Gasteiger partial charge is 0.416 e. The number of alkyl halides is 6. The number of nitrogens with zero attached hydrogens (tertiary/aromatic N) is 1. The molecule has 1 saturated heterocycles. The number of likely N-dealkylation sites (tertiary alicyclic amines) is 1. The van der Waals surface area contributed by atoms with Crippen molar-refractivity contribution in [1.82, 2.24) is 4.90 Å². The van der Waals surface area contributed by atoms with Crippen LogP contribution in [0, 0.1) is 0 Å². The van der Waals surface area contributed by atoms with E-state index in [0.717, 1.165) is 19.3 Å². The van der Waals surface area contributed by atoms with Gasteiger partial charge in [-0.15, -0.1) is 0 Å². The third-order valence-corrected chi connectivity index (χ3v) is 3.69. The van der Waals surface area contributed by atoms with Gasteiger partial charge in [-0.25, -0.2) is 0 Å². The summed E-state index contributed by atoms with van der Waals surface area (Å²) in [4.78, 5) is 13.7. The zero-order chi connectivity index (χ0) is 18.0. The van der Waals surface area contributed by atoms with Crippen LogP contribution in [0.2, 0.25) is 0 Å². The van der Waals surface area contributed by atoms with Crippen molar-refractivity contribution in [2.45, 2.75) is 31.6 Å². The van der Waals surface area contributed by atoms with E-state index in [4.69, 9.17) is 0 Å². The van der Waals surface area contributed by atoms with Gasteiger partial charge in [0.25, 0.3) is 0 Å². The lowest BCUT2D eigenvalue weighted by Crippen LogP contribution is -2.36. The molecule has 1 amide bonds. The summed E-state index contributed by atoms with van der Waals surface area (Å²) >= 11 is 0. The molecule has 1 aromatic carbocycles. The Kier molecular flexibility index (Phi) is 5.42. The molecule has 1 fully saturated rings. The van der Waals surface area contributed by atoms with E-state index in [0.29, 0.717) is 25.2 Å². The van der Waals surface area contributed by atoms with Gasteiger partial charge in [0, 0.05) is 5.69 Å². The quantitative estimate of drug-likeness (QED) is 0.827. The fourth-order valence-electron chi connectivity index (χ4n) is 2.55. The molecule has 3 nitrogen and oxygen atoms in total. The van der Waals surface area contributed by atoms with Gasteiger partial charge in [0.15, 0.2) is 0 Å². The third-order valence-electron chi connectivity index (χ3n) is 3.69. The van der Waals surface area contributed by atoms with Gasteiger partial charge < -0.3 is 5.32 Å². The van der Waals surface area contributed by atoms with Crippen molar-refractivity contribution in [3.8, 4) is 0 Å². The fraction of sp³-hybridized carbons (Fsp3) is 0.533. The molecule has 0 unspecified atom stereocenters. The van der Waals surface area contributed by atoms with Gasteiger partial charge in [0.2, 0.25) is 5.91 Å². The maximum Gasteiger partial charge on any atom is 0.416 e. The van der Waals surface area contributed by atoms with Crippen LogP contribution in [-0.4, -0.2) is 30.4 Å². The van der Waals surface area contributed by atoms with Crippen molar-refractivity contribution >= 4 is 11.6 Å². The molecule has 0 atom stereocenters. The van der Waals surface area contributed by atoms with Crippen LogP contribution >= 0.6 is 0 Å². The molecule has 9 heteroatoms. The summed E-state index contributed by atoms with van der Waals surface area (Å²) in [5.41, 5.74) is -3.42. The van der Waals surface area contributed by atoms with Crippen LogP contribution in [-0.2, 0) is 17.1 Å². The first kappa shape index (κ1) is 18.6. The fourth-order valence-corrected chi connectivity index (χ4v) is 2.55. The molecule has 1 heterocycles. The summed E-state index contributed by atoms with van der Waals surface area (Å²) in [6.07, 6.45) is -7.01. The lowest BCUT2D eigenvalue weighted by Gasteiger charge is -2.25. The van der Waals surface area contributed by atoms with Crippen molar-refractivity contribution in [3.63, 3.8) is 0 Å². The van der Waals surface area contributed by atoms with Crippen LogP contribution in [0.1, 0.15) is 30.4 Å². The Morgan fingerprint density at radius 3 is 1.88 bits per heavy atom. The molecule has 1 aromatic rings. The first-order chi connectivity index (χ1) is 11.1. The monoisotopic (exact) mass is 354 g/mol. The average Bonchev–Trinajstić information content (AvgIpc) is 2.46. The molecular formula is C15H16F6N2O. The second-order valence-electron chi connectivity index (χ2n) is 5.68. The van der Waals surface area contributed by atoms with Gasteiger partial charge in [0.05, 0.1) is 17.7 Å². The smallest absolute Gasteiger partial charge is 0.325 e. The Morgan fingerprint density at radius 2 is 1.42 bits per heavy atom. The number of carbonyl (C=O) groups excluding carboxylic acids is 1. The summed E-state index contributed by atoms with van der Waals surface area (Å²) < 4.78 is 76.5. The van der Waals surface area contributed by atoms with Crippen molar-refractivity contribution in [2.24, 2.45) is 0 Å². The van der Waals surface area contributed by atoms with Gasteiger partial charge in [-0.1, -0.05) is 6.42 Å². The molecule has 0 spiro atoms. The number of nitrogens with one attached hydrogen (secondary N) is 1. The zero-order valence-corrected chi connectivity index (χ0v) is 12.6. The van der Waals surface area contributed by atoms with Crippen molar-refractivity contribution < 1.29 is 31.1 Å². The number of hydrogen-bond acceptors (Lipinski definition) is 2. The molecule has 0 bridgehead atoms. The normalized spacial score (nSPS) is 16.9. The Labute approximate surface area is 134 Å². The van der Waals surface area contributed by atoms with Crippen molar-refractivity contribution in [1.29, 1.82) is 0 Å². The molecular weight excluding hydrogens is 338 g/mol. The summed E-state index contributed by atoms with van der Waals surface area (Å²) in [5, 5.41) is 2.13. The summed E-state index contributed by atoms with van der Waals surface area (Å²) in [6, 6.07) is 1.03.